The first-order chi connectivity index (χ1) is 9.49. The summed E-state index contributed by atoms with van der Waals surface area (Å²) in [4.78, 5) is 9.26. The molecule has 0 bridgehead atoms. The van der Waals surface area contributed by atoms with Crippen molar-refractivity contribution in [2.24, 2.45) is 22.6 Å². The Morgan fingerprint density at radius 1 is 1.33 bits per heavy atom. The van der Waals surface area contributed by atoms with Crippen LogP contribution in [0.25, 0.3) is 0 Å². The van der Waals surface area contributed by atoms with Gasteiger partial charge in [0.2, 0.25) is 0 Å². The summed E-state index contributed by atoms with van der Waals surface area (Å²) in [5.74, 6) is 2.18. The smallest absolute Gasteiger partial charge is 0.191 e. The van der Waals surface area contributed by atoms with Crippen molar-refractivity contribution in [1.29, 1.82) is 0 Å². The molecule has 0 amide bonds. The molecule has 0 aromatic carbocycles. The topological polar surface area (TPSA) is 44.9 Å². The molecule has 1 heterocycles. The summed E-state index contributed by atoms with van der Waals surface area (Å²) in [7, 11) is 4.30. The summed E-state index contributed by atoms with van der Waals surface area (Å²) in [5, 5.41) is 0. The Balaban J connectivity index is 0.00000400. The van der Waals surface area contributed by atoms with E-state index in [0.29, 0.717) is 12.0 Å². The van der Waals surface area contributed by atoms with E-state index >= 15 is 0 Å². The van der Waals surface area contributed by atoms with Crippen LogP contribution in [0, 0.1) is 11.8 Å². The number of aliphatic imine (C=N–C) groups is 1. The molecule has 1 fully saturated rings. The van der Waals surface area contributed by atoms with Crippen LogP contribution in [-0.4, -0.2) is 55.5 Å². The van der Waals surface area contributed by atoms with Gasteiger partial charge in [-0.3, -0.25) is 4.99 Å². The van der Waals surface area contributed by atoms with Gasteiger partial charge in [0, 0.05) is 19.1 Å². The van der Waals surface area contributed by atoms with Crippen molar-refractivity contribution in [2.45, 2.75) is 52.5 Å². The Hall–Kier alpha value is -0.0400. The quantitative estimate of drug-likeness (QED) is 0.416. The third kappa shape index (κ3) is 6.72. The Bertz CT molecular complexity index is 303. The molecule has 0 saturated carbocycles. The molecule has 1 rings (SSSR count). The fraction of sp³-hybridized carbons (Fsp3) is 0.938. The molecule has 1 aliphatic rings. The number of guanidine groups is 1. The molecule has 2 N–H and O–H groups in total. The van der Waals surface area contributed by atoms with Gasteiger partial charge in [-0.25, -0.2) is 0 Å². The van der Waals surface area contributed by atoms with Crippen LogP contribution in [0.5, 0.6) is 0 Å². The third-order valence-electron chi connectivity index (χ3n) is 4.68. The number of hydrogen-bond donors (Lipinski definition) is 1. The van der Waals surface area contributed by atoms with E-state index in [1.807, 2.05) is 0 Å². The fourth-order valence-corrected chi connectivity index (χ4v) is 3.25. The number of piperidine rings is 1. The molecular formula is C16H35IN4. The zero-order valence-electron chi connectivity index (χ0n) is 14.5. The van der Waals surface area contributed by atoms with E-state index in [4.69, 9.17) is 10.7 Å². The highest BCUT2D eigenvalue weighted by molar-refractivity contribution is 14.0. The molecule has 1 aliphatic heterocycles. The van der Waals surface area contributed by atoms with E-state index < -0.39 is 0 Å². The summed E-state index contributed by atoms with van der Waals surface area (Å²) in [6.07, 6.45) is 4.96. The second-order valence-electron chi connectivity index (χ2n) is 6.50. The van der Waals surface area contributed by atoms with Crippen molar-refractivity contribution in [2.75, 3.05) is 33.7 Å². The standard InChI is InChI=1S/C16H34N4.HI/c1-6-14(7-2)15(19(4)5)11-18-16(17)20-10-8-9-13(3)12-20;/h13-15H,6-12H2,1-5H3,(H2,17,18);1H. The molecular weight excluding hydrogens is 375 g/mol. The first kappa shape index (κ1) is 21.0. The van der Waals surface area contributed by atoms with Gasteiger partial charge in [-0.15, -0.1) is 24.0 Å². The highest BCUT2D eigenvalue weighted by atomic mass is 127. The van der Waals surface area contributed by atoms with Gasteiger partial charge >= 0.3 is 0 Å². The maximum absolute atomic E-state index is 6.20. The van der Waals surface area contributed by atoms with Crippen LogP contribution >= 0.6 is 24.0 Å². The molecule has 1 saturated heterocycles. The zero-order chi connectivity index (χ0) is 15.1. The molecule has 2 atom stereocenters. The van der Waals surface area contributed by atoms with Crippen molar-refractivity contribution in [3.05, 3.63) is 0 Å². The van der Waals surface area contributed by atoms with Crippen LogP contribution in [0.15, 0.2) is 4.99 Å². The van der Waals surface area contributed by atoms with Crippen LogP contribution in [0.1, 0.15) is 46.5 Å². The van der Waals surface area contributed by atoms with E-state index in [0.717, 1.165) is 31.5 Å². The predicted molar refractivity (Wildman–Crippen MR) is 103 cm³/mol. The number of hydrogen-bond acceptors (Lipinski definition) is 2. The van der Waals surface area contributed by atoms with Crippen LogP contribution in [0.4, 0.5) is 0 Å². The maximum atomic E-state index is 6.20. The maximum Gasteiger partial charge on any atom is 0.191 e. The first-order valence-corrected chi connectivity index (χ1v) is 8.20. The first-order valence-electron chi connectivity index (χ1n) is 8.20. The summed E-state index contributed by atoms with van der Waals surface area (Å²) in [5.41, 5.74) is 6.20. The lowest BCUT2D eigenvalue weighted by atomic mass is 9.93. The Kier molecular flexibility index (Phi) is 10.6. The monoisotopic (exact) mass is 410 g/mol. The number of nitrogens with zero attached hydrogens (tertiary/aromatic N) is 3. The van der Waals surface area contributed by atoms with Crippen molar-refractivity contribution in [1.82, 2.24) is 9.80 Å². The highest BCUT2D eigenvalue weighted by Gasteiger charge is 2.22. The molecule has 2 unspecified atom stereocenters. The SMILES string of the molecule is CCC(CC)C(CN=C(N)N1CCCC(C)C1)N(C)C.I. The van der Waals surface area contributed by atoms with Gasteiger partial charge in [0.15, 0.2) is 5.96 Å². The Labute approximate surface area is 148 Å². The second kappa shape index (κ2) is 10.6. The number of rotatable bonds is 6. The Morgan fingerprint density at radius 2 is 1.95 bits per heavy atom. The number of likely N-dealkylation sites (N-methyl/N-ethyl adjacent to an activating group) is 1. The normalized spacial score (nSPS) is 21.6. The van der Waals surface area contributed by atoms with Gasteiger partial charge in [0.05, 0.1) is 6.54 Å². The molecule has 126 valence electrons. The minimum atomic E-state index is 0. The minimum absolute atomic E-state index is 0. The van der Waals surface area contributed by atoms with E-state index in [9.17, 15) is 0 Å². The molecule has 0 aliphatic carbocycles. The predicted octanol–water partition coefficient (Wildman–Crippen LogP) is 3.02. The molecule has 0 radical (unpaired) electrons. The van der Waals surface area contributed by atoms with Gasteiger partial charge in [-0.1, -0.05) is 33.6 Å². The molecule has 0 aromatic heterocycles. The van der Waals surface area contributed by atoms with Gasteiger partial charge in [-0.2, -0.15) is 0 Å². The lowest BCUT2D eigenvalue weighted by Crippen LogP contribution is -2.45. The highest BCUT2D eigenvalue weighted by Crippen LogP contribution is 2.18. The molecule has 5 heteroatoms. The minimum Gasteiger partial charge on any atom is -0.370 e. The molecule has 0 spiro atoms. The van der Waals surface area contributed by atoms with Crippen LogP contribution in [-0.2, 0) is 0 Å². The summed E-state index contributed by atoms with van der Waals surface area (Å²) < 4.78 is 0. The van der Waals surface area contributed by atoms with E-state index in [-0.39, 0.29) is 24.0 Å². The largest absolute Gasteiger partial charge is 0.370 e. The van der Waals surface area contributed by atoms with E-state index in [1.165, 1.54) is 25.7 Å². The summed E-state index contributed by atoms with van der Waals surface area (Å²) >= 11 is 0. The second-order valence-corrected chi connectivity index (χ2v) is 6.50. The van der Waals surface area contributed by atoms with Crippen LogP contribution in [0.3, 0.4) is 0 Å². The van der Waals surface area contributed by atoms with Crippen molar-refractivity contribution in [3.63, 3.8) is 0 Å². The van der Waals surface area contributed by atoms with Crippen LogP contribution in [0.2, 0.25) is 0 Å². The number of nitrogens with two attached hydrogens (primary N) is 1. The summed E-state index contributed by atoms with van der Waals surface area (Å²) in [6.45, 7) is 9.78. The molecule has 4 nitrogen and oxygen atoms in total. The van der Waals surface area contributed by atoms with Gasteiger partial charge in [0.25, 0.3) is 0 Å². The van der Waals surface area contributed by atoms with Crippen molar-refractivity contribution in [3.8, 4) is 0 Å². The Morgan fingerprint density at radius 3 is 2.43 bits per heavy atom. The third-order valence-corrected chi connectivity index (χ3v) is 4.68. The van der Waals surface area contributed by atoms with E-state index in [1.54, 1.807) is 0 Å². The summed E-state index contributed by atoms with van der Waals surface area (Å²) in [6, 6.07) is 0.491. The van der Waals surface area contributed by atoms with E-state index in [2.05, 4.69) is 44.7 Å². The zero-order valence-corrected chi connectivity index (χ0v) is 16.8. The van der Waals surface area contributed by atoms with Crippen LogP contribution < -0.4 is 5.73 Å². The number of likely N-dealkylation sites (tertiary alicyclic amines) is 1. The average molecular weight is 410 g/mol. The fourth-order valence-electron chi connectivity index (χ4n) is 3.25. The lowest BCUT2D eigenvalue weighted by molar-refractivity contribution is 0.204. The van der Waals surface area contributed by atoms with Crippen molar-refractivity contribution >= 4 is 29.9 Å². The molecule has 21 heavy (non-hydrogen) atoms. The number of halogens is 1. The molecule has 0 aromatic rings. The van der Waals surface area contributed by atoms with Crippen molar-refractivity contribution < 1.29 is 0 Å². The van der Waals surface area contributed by atoms with Gasteiger partial charge in [-0.05, 0) is 38.8 Å². The van der Waals surface area contributed by atoms with Gasteiger partial charge in [0.1, 0.15) is 0 Å². The van der Waals surface area contributed by atoms with Gasteiger partial charge < -0.3 is 15.5 Å². The lowest BCUT2D eigenvalue weighted by Gasteiger charge is -2.33. The average Bonchev–Trinajstić information content (AvgIpc) is 2.42.